The number of piperidine rings is 1. The van der Waals surface area contributed by atoms with Gasteiger partial charge in [0.05, 0.1) is 18.7 Å². The van der Waals surface area contributed by atoms with Crippen LogP contribution in [0.4, 0.5) is 0 Å². The fourth-order valence-electron chi connectivity index (χ4n) is 1.74. The van der Waals surface area contributed by atoms with Crippen LogP contribution in [0.25, 0.3) is 0 Å². The summed E-state index contributed by atoms with van der Waals surface area (Å²) in [7, 11) is 0. The second-order valence-electron chi connectivity index (χ2n) is 3.65. The van der Waals surface area contributed by atoms with E-state index >= 15 is 0 Å². The van der Waals surface area contributed by atoms with Gasteiger partial charge < -0.3 is 15.7 Å². The van der Waals surface area contributed by atoms with Crippen LogP contribution in [0.15, 0.2) is 0 Å². The van der Waals surface area contributed by atoms with Gasteiger partial charge in [0.25, 0.3) is 0 Å². The van der Waals surface area contributed by atoms with Crippen LogP contribution >= 0.6 is 0 Å². The molecule has 0 aliphatic carbocycles. The molecule has 4 heteroatoms. The van der Waals surface area contributed by atoms with Crippen LogP contribution in [0.1, 0.15) is 26.2 Å². The fraction of sp³-hybridized carbons (Fsp3) is 0.889. The van der Waals surface area contributed by atoms with E-state index in [1.165, 1.54) is 0 Å². The number of aliphatic hydroxyl groups excluding tert-OH is 1. The molecule has 1 rings (SSSR count). The molecule has 0 aromatic carbocycles. The molecule has 3 N–H and O–H groups in total. The summed E-state index contributed by atoms with van der Waals surface area (Å²) in [4.78, 5) is 13.3. The predicted molar refractivity (Wildman–Crippen MR) is 50.1 cm³/mol. The van der Waals surface area contributed by atoms with Crippen molar-refractivity contribution in [3.63, 3.8) is 0 Å². The first-order valence-electron chi connectivity index (χ1n) is 4.83. The number of nitrogens with two attached hydrogens (primary N) is 1. The minimum atomic E-state index is -0.452. The Morgan fingerprint density at radius 2 is 2.38 bits per heavy atom. The summed E-state index contributed by atoms with van der Waals surface area (Å²) in [6.45, 7) is 2.48. The average molecular weight is 186 g/mol. The Balaban J connectivity index is 2.58. The van der Waals surface area contributed by atoms with E-state index in [1.54, 1.807) is 11.8 Å². The number of hydrogen-bond acceptors (Lipinski definition) is 3. The number of carbonyl (C=O) groups excluding carboxylic acids is 1. The van der Waals surface area contributed by atoms with Crippen LogP contribution in [0.2, 0.25) is 0 Å². The molecule has 1 aliphatic rings. The number of nitrogens with zero attached hydrogens (tertiary/aromatic N) is 1. The molecule has 0 spiro atoms. The van der Waals surface area contributed by atoms with E-state index < -0.39 is 6.04 Å². The molecule has 13 heavy (non-hydrogen) atoms. The molecule has 0 bridgehead atoms. The maximum Gasteiger partial charge on any atom is 0.239 e. The lowest BCUT2D eigenvalue weighted by molar-refractivity contribution is -0.136. The van der Waals surface area contributed by atoms with Crippen LogP contribution in [-0.4, -0.2) is 41.1 Å². The summed E-state index contributed by atoms with van der Waals surface area (Å²) in [5, 5.41) is 9.06. The highest BCUT2D eigenvalue weighted by molar-refractivity contribution is 5.81. The minimum absolute atomic E-state index is 0.00718. The monoisotopic (exact) mass is 186 g/mol. The normalized spacial score (nSPS) is 25.8. The second kappa shape index (κ2) is 4.58. The summed E-state index contributed by atoms with van der Waals surface area (Å²) in [5.41, 5.74) is 5.51. The topological polar surface area (TPSA) is 66.6 Å². The van der Waals surface area contributed by atoms with Gasteiger partial charge in [-0.1, -0.05) is 0 Å². The Morgan fingerprint density at radius 3 is 2.92 bits per heavy atom. The molecule has 0 aromatic rings. The Morgan fingerprint density at radius 1 is 1.69 bits per heavy atom. The highest BCUT2D eigenvalue weighted by Crippen LogP contribution is 2.16. The Labute approximate surface area is 78.7 Å². The molecule has 1 saturated heterocycles. The van der Waals surface area contributed by atoms with Gasteiger partial charge in [0.1, 0.15) is 0 Å². The zero-order valence-electron chi connectivity index (χ0n) is 8.07. The van der Waals surface area contributed by atoms with Crippen molar-refractivity contribution in [2.45, 2.75) is 38.3 Å². The van der Waals surface area contributed by atoms with Crippen LogP contribution in [-0.2, 0) is 4.79 Å². The largest absolute Gasteiger partial charge is 0.394 e. The molecule has 1 fully saturated rings. The van der Waals surface area contributed by atoms with Gasteiger partial charge in [-0.2, -0.15) is 0 Å². The number of hydrogen-bond donors (Lipinski definition) is 2. The van der Waals surface area contributed by atoms with Crippen molar-refractivity contribution >= 4 is 5.91 Å². The highest BCUT2D eigenvalue weighted by atomic mass is 16.3. The maximum atomic E-state index is 11.6. The third kappa shape index (κ3) is 2.42. The van der Waals surface area contributed by atoms with Gasteiger partial charge in [-0.3, -0.25) is 4.79 Å². The third-order valence-corrected chi connectivity index (χ3v) is 2.51. The average Bonchev–Trinajstić information content (AvgIpc) is 2.16. The molecule has 4 nitrogen and oxygen atoms in total. The predicted octanol–water partition coefficient (Wildman–Crippen LogP) is -0.293. The van der Waals surface area contributed by atoms with Gasteiger partial charge in [0.15, 0.2) is 0 Å². The molecule has 0 radical (unpaired) electrons. The van der Waals surface area contributed by atoms with Gasteiger partial charge in [-0.15, -0.1) is 0 Å². The Bertz CT molecular complexity index is 182. The smallest absolute Gasteiger partial charge is 0.239 e. The van der Waals surface area contributed by atoms with E-state index in [9.17, 15) is 4.79 Å². The number of rotatable bonds is 2. The number of carbonyl (C=O) groups is 1. The molecular formula is C9H18N2O2. The number of aliphatic hydroxyl groups is 1. The first-order chi connectivity index (χ1) is 6.16. The first-order valence-corrected chi connectivity index (χ1v) is 4.83. The van der Waals surface area contributed by atoms with Crippen LogP contribution in [0.3, 0.4) is 0 Å². The van der Waals surface area contributed by atoms with E-state index in [1.807, 2.05) is 0 Å². The summed E-state index contributed by atoms with van der Waals surface area (Å²) in [5.74, 6) is -0.0428. The van der Waals surface area contributed by atoms with Gasteiger partial charge in [0.2, 0.25) is 5.91 Å². The summed E-state index contributed by atoms with van der Waals surface area (Å²) >= 11 is 0. The molecule has 76 valence electrons. The maximum absolute atomic E-state index is 11.6. The van der Waals surface area contributed by atoms with Gasteiger partial charge in [0, 0.05) is 6.54 Å². The van der Waals surface area contributed by atoms with Gasteiger partial charge in [-0.25, -0.2) is 0 Å². The first kappa shape index (κ1) is 10.5. The van der Waals surface area contributed by atoms with Crippen molar-refractivity contribution in [2.24, 2.45) is 5.73 Å². The van der Waals surface area contributed by atoms with Crippen LogP contribution < -0.4 is 5.73 Å². The lowest BCUT2D eigenvalue weighted by Crippen LogP contribution is -2.51. The van der Waals surface area contributed by atoms with Crippen molar-refractivity contribution in [3.8, 4) is 0 Å². The molecule has 1 amide bonds. The fourth-order valence-corrected chi connectivity index (χ4v) is 1.74. The molecular weight excluding hydrogens is 168 g/mol. The molecule has 2 atom stereocenters. The van der Waals surface area contributed by atoms with E-state index in [-0.39, 0.29) is 18.6 Å². The Kier molecular flexibility index (Phi) is 3.69. The highest BCUT2D eigenvalue weighted by Gasteiger charge is 2.27. The third-order valence-electron chi connectivity index (χ3n) is 2.51. The van der Waals surface area contributed by atoms with Crippen LogP contribution in [0.5, 0.6) is 0 Å². The summed E-state index contributed by atoms with van der Waals surface area (Å²) < 4.78 is 0. The molecule has 2 unspecified atom stereocenters. The number of amides is 1. The Hall–Kier alpha value is -0.610. The SMILES string of the molecule is CC(N)C(=O)N1CCCCC1CO. The lowest BCUT2D eigenvalue weighted by atomic mass is 10.0. The van der Waals surface area contributed by atoms with E-state index in [2.05, 4.69) is 0 Å². The van der Waals surface area contributed by atoms with Crippen LogP contribution in [0, 0.1) is 0 Å². The molecule has 1 aliphatic heterocycles. The van der Waals surface area contributed by atoms with Crippen molar-refractivity contribution in [1.82, 2.24) is 4.90 Å². The van der Waals surface area contributed by atoms with E-state index in [4.69, 9.17) is 10.8 Å². The van der Waals surface area contributed by atoms with Crippen molar-refractivity contribution in [1.29, 1.82) is 0 Å². The van der Waals surface area contributed by atoms with Gasteiger partial charge in [-0.05, 0) is 26.2 Å². The number of likely N-dealkylation sites (tertiary alicyclic amines) is 1. The standard InChI is InChI=1S/C9H18N2O2/c1-7(10)9(13)11-5-3-2-4-8(11)6-12/h7-8,12H,2-6,10H2,1H3. The zero-order valence-corrected chi connectivity index (χ0v) is 8.07. The van der Waals surface area contributed by atoms with Crippen molar-refractivity contribution in [2.75, 3.05) is 13.2 Å². The molecule has 0 saturated carbocycles. The lowest BCUT2D eigenvalue weighted by Gasteiger charge is -2.35. The van der Waals surface area contributed by atoms with E-state index in [0.717, 1.165) is 25.8 Å². The quantitative estimate of drug-likeness (QED) is 0.622. The van der Waals surface area contributed by atoms with E-state index in [0.29, 0.717) is 0 Å². The zero-order chi connectivity index (χ0) is 9.84. The van der Waals surface area contributed by atoms with Crippen molar-refractivity contribution < 1.29 is 9.90 Å². The summed E-state index contributed by atoms with van der Waals surface area (Å²) in [6.07, 6.45) is 3.01. The second-order valence-corrected chi connectivity index (χ2v) is 3.65. The molecule has 1 heterocycles. The summed E-state index contributed by atoms with van der Waals surface area (Å²) in [6, 6.07) is -0.459. The van der Waals surface area contributed by atoms with Gasteiger partial charge >= 0.3 is 0 Å². The van der Waals surface area contributed by atoms with Crippen molar-refractivity contribution in [3.05, 3.63) is 0 Å². The molecule has 0 aromatic heterocycles. The minimum Gasteiger partial charge on any atom is -0.394 e.